The largest absolute Gasteiger partial charge is 0.467 e. The number of hydrogen-bond donors (Lipinski definition) is 1. The highest BCUT2D eigenvalue weighted by atomic mass is 19.1. The zero-order valence-corrected chi connectivity index (χ0v) is 21.2. The number of nitrogens with one attached hydrogen (secondary N) is 1. The smallest absolute Gasteiger partial charge is 0.256 e. The number of ether oxygens (including phenoxy) is 1. The van der Waals surface area contributed by atoms with Crippen LogP contribution in [0.1, 0.15) is 51.8 Å². The first-order valence-corrected chi connectivity index (χ1v) is 12.8. The first-order valence-electron chi connectivity index (χ1n) is 12.8. The molecule has 5 rings (SSSR count). The summed E-state index contributed by atoms with van der Waals surface area (Å²) in [5.41, 5.74) is 0.973. The van der Waals surface area contributed by atoms with Gasteiger partial charge in [0.1, 0.15) is 23.3 Å². The van der Waals surface area contributed by atoms with E-state index in [1.807, 2.05) is 24.3 Å². The molecule has 3 amide bonds. The Morgan fingerprint density at radius 3 is 2.26 bits per heavy atom. The number of benzene rings is 2. The molecule has 198 valence electrons. The number of rotatable bonds is 6. The van der Waals surface area contributed by atoms with Crippen LogP contribution in [0.3, 0.4) is 0 Å². The predicted octanol–water partition coefficient (Wildman–Crippen LogP) is 3.77. The second-order valence-electron chi connectivity index (χ2n) is 9.59. The van der Waals surface area contributed by atoms with Crippen LogP contribution >= 0.6 is 0 Å². The van der Waals surface area contributed by atoms with Crippen molar-refractivity contribution in [2.45, 2.75) is 44.5 Å². The quantitative estimate of drug-likeness (QED) is 0.535. The van der Waals surface area contributed by atoms with E-state index in [4.69, 9.17) is 9.15 Å². The molecule has 8 nitrogen and oxygen atoms in total. The molecule has 0 bridgehead atoms. The third kappa shape index (κ3) is 5.06. The Balaban J connectivity index is 1.35. The van der Waals surface area contributed by atoms with Gasteiger partial charge in [-0.15, -0.1) is 0 Å². The maximum Gasteiger partial charge on any atom is 0.256 e. The zero-order chi connectivity index (χ0) is 26.7. The molecule has 0 radical (unpaired) electrons. The van der Waals surface area contributed by atoms with Crippen LogP contribution in [0.5, 0.6) is 0 Å². The third-order valence-electron chi connectivity index (χ3n) is 7.33. The minimum Gasteiger partial charge on any atom is -0.467 e. The molecule has 38 heavy (non-hydrogen) atoms. The fourth-order valence-corrected chi connectivity index (χ4v) is 5.13. The third-order valence-corrected chi connectivity index (χ3v) is 7.33. The average Bonchev–Trinajstić information content (AvgIpc) is 3.60. The summed E-state index contributed by atoms with van der Waals surface area (Å²) in [5.74, 6) is -0.744. The molecule has 1 unspecified atom stereocenters. The lowest BCUT2D eigenvalue weighted by Gasteiger charge is -2.44. The van der Waals surface area contributed by atoms with E-state index in [9.17, 15) is 18.8 Å². The Morgan fingerprint density at radius 1 is 0.974 bits per heavy atom. The lowest BCUT2D eigenvalue weighted by atomic mass is 9.96. The van der Waals surface area contributed by atoms with Gasteiger partial charge in [0, 0.05) is 37.1 Å². The zero-order valence-electron chi connectivity index (χ0n) is 21.2. The predicted molar refractivity (Wildman–Crippen MR) is 137 cm³/mol. The van der Waals surface area contributed by atoms with Crippen LogP contribution in [0.15, 0.2) is 71.3 Å². The average molecular weight is 520 g/mol. The molecule has 2 aliphatic rings. The highest BCUT2D eigenvalue weighted by Gasteiger charge is 2.54. The van der Waals surface area contributed by atoms with Crippen molar-refractivity contribution in [3.05, 3.63) is 95.2 Å². The Hall–Kier alpha value is -3.98. The fourth-order valence-electron chi connectivity index (χ4n) is 5.13. The molecule has 1 aromatic heterocycles. The lowest BCUT2D eigenvalue weighted by Crippen LogP contribution is -2.59. The number of carbonyl (C=O) groups excluding carboxylic acids is 3. The molecule has 2 aliphatic heterocycles. The number of likely N-dealkylation sites (tertiary alicyclic amines) is 1. The number of carbonyl (C=O) groups is 3. The molecule has 3 heterocycles. The molecule has 2 aromatic carbocycles. The van der Waals surface area contributed by atoms with Gasteiger partial charge >= 0.3 is 0 Å². The number of nitrogens with zero attached hydrogens (tertiary/aromatic N) is 2. The maximum absolute atomic E-state index is 13.7. The summed E-state index contributed by atoms with van der Waals surface area (Å²) >= 11 is 0. The summed E-state index contributed by atoms with van der Waals surface area (Å²) in [5, 5.41) is 2.82. The van der Waals surface area contributed by atoms with Gasteiger partial charge in [-0.05, 0) is 60.5 Å². The molecule has 0 saturated carbocycles. The highest BCUT2D eigenvalue weighted by molar-refractivity contribution is 5.98. The standard InChI is InChI=1S/C29H30FN3O5/c1-2-20-5-7-21(8-6-20)27(35)32-15-13-29(14-16-32)33(28(36)22-9-11-23(30)12-10-22)25(19-38-29)26(34)31-18-24-4-3-17-37-24/h3-12,17,25H,2,13-16,18-19H2,1H3,(H,31,34). The van der Waals surface area contributed by atoms with Crippen LogP contribution < -0.4 is 5.32 Å². The molecule has 2 saturated heterocycles. The van der Waals surface area contributed by atoms with E-state index in [1.165, 1.54) is 35.4 Å². The van der Waals surface area contributed by atoms with E-state index in [0.29, 0.717) is 37.3 Å². The van der Waals surface area contributed by atoms with Crippen molar-refractivity contribution in [3.63, 3.8) is 0 Å². The van der Waals surface area contributed by atoms with E-state index in [-0.39, 0.29) is 30.5 Å². The SMILES string of the molecule is CCc1ccc(C(=O)N2CCC3(CC2)OCC(C(=O)NCc2ccco2)N3C(=O)c2ccc(F)cc2)cc1. The van der Waals surface area contributed by atoms with Gasteiger partial charge < -0.3 is 19.4 Å². The van der Waals surface area contributed by atoms with Crippen LogP contribution in [0.2, 0.25) is 0 Å². The van der Waals surface area contributed by atoms with E-state index < -0.39 is 23.5 Å². The fraction of sp³-hybridized carbons (Fsp3) is 0.345. The minimum atomic E-state index is -1.05. The van der Waals surface area contributed by atoms with Gasteiger partial charge in [-0.25, -0.2) is 4.39 Å². The van der Waals surface area contributed by atoms with Crippen molar-refractivity contribution >= 4 is 17.7 Å². The van der Waals surface area contributed by atoms with Crippen LogP contribution in [0, 0.1) is 5.82 Å². The molecule has 9 heteroatoms. The Kier molecular flexibility index (Phi) is 7.28. The number of furan rings is 1. The van der Waals surface area contributed by atoms with E-state index in [0.717, 1.165) is 12.0 Å². The second-order valence-corrected chi connectivity index (χ2v) is 9.59. The van der Waals surface area contributed by atoms with Crippen molar-refractivity contribution in [1.29, 1.82) is 0 Å². The molecule has 3 aromatic rings. The van der Waals surface area contributed by atoms with Gasteiger partial charge in [-0.2, -0.15) is 0 Å². The van der Waals surface area contributed by atoms with Gasteiger partial charge in [0.15, 0.2) is 0 Å². The summed E-state index contributed by atoms with van der Waals surface area (Å²) < 4.78 is 25.1. The number of aryl methyl sites for hydroxylation is 1. The molecule has 0 aliphatic carbocycles. The van der Waals surface area contributed by atoms with Crippen molar-refractivity contribution in [3.8, 4) is 0 Å². The lowest BCUT2D eigenvalue weighted by molar-refractivity contribution is -0.128. The molecule has 1 spiro atoms. The number of hydrogen-bond acceptors (Lipinski definition) is 5. The van der Waals surface area contributed by atoms with E-state index in [1.54, 1.807) is 17.0 Å². The first kappa shape index (κ1) is 25.7. The minimum absolute atomic E-state index is 0.0172. The van der Waals surface area contributed by atoms with Gasteiger partial charge in [0.05, 0.1) is 19.4 Å². The molecular formula is C29H30FN3O5. The Bertz CT molecular complexity index is 1280. The normalized spacial score (nSPS) is 18.5. The number of piperidine rings is 1. The molecule has 1 N–H and O–H groups in total. The summed E-state index contributed by atoms with van der Waals surface area (Å²) in [7, 11) is 0. The Labute approximate surface area is 220 Å². The summed E-state index contributed by atoms with van der Waals surface area (Å²) in [4.78, 5) is 43.3. The van der Waals surface area contributed by atoms with Gasteiger partial charge in [0.25, 0.3) is 11.8 Å². The molecule has 1 atom stereocenters. The van der Waals surface area contributed by atoms with Crippen LogP contribution in [-0.4, -0.2) is 59.0 Å². The van der Waals surface area contributed by atoms with Crippen molar-refractivity contribution in [1.82, 2.24) is 15.1 Å². The molecule has 2 fully saturated rings. The first-order chi connectivity index (χ1) is 18.4. The van der Waals surface area contributed by atoms with Crippen LogP contribution in [0.25, 0.3) is 0 Å². The summed E-state index contributed by atoms with van der Waals surface area (Å²) in [6.07, 6.45) is 3.11. The van der Waals surface area contributed by atoms with Crippen LogP contribution in [0.4, 0.5) is 4.39 Å². The van der Waals surface area contributed by atoms with E-state index in [2.05, 4.69) is 12.2 Å². The second kappa shape index (κ2) is 10.8. The maximum atomic E-state index is 13.7. The number of amides is 3. The monoisotopic (exact) mass is 519 g/mol. The topological polar surface area (TPSA) is 92.1 Å². The van der Waals surface area contributed by atoms with Crippen molar-refractivity contribution < 1.29 is 27.9 Å². The van der Waals surface area contributed by atoms with Gasteiger partial charge in [-0.1, -0.05) is 19.1 Å². The van der Waals surface area contributed by atoms with Crippen molar-refractivity contribution in [2.24, 2.45) is 0 Å². The van der Waals surface area contributed by atoms with Gasteiger partial charge in [-0.3, -0.25) is 19.3 Å². The van der Waals surface area contributed by atoms with E-state index >= 15 is 0 Å². The summed E-state index contributed by atoms with van der Waals surface area (Å²) in [6, 6.07) is 15.4. The van der Waals surface area contributed by atoms with Crippen LogP contribution in [-0.2, 0) is 22.5 Å². The number of halogens is 1. The van der Waals surface area contributed by atoms with Gasteiger partial charge in [0.2, 0.25) is 5.91 Å². The Morgan fingerprint density at radius 2 is 1.63 bits per heavy atom. The van der Waals surface area contributed by atoms with Crippen molar-refractivity contribution in [2.75, 3.05) is 19.7 Å². The highest BCUT2D eigenvalue weighted by Crippen LogP contribution is 2.39. The summed E-state index contributed by atoms with van der Waals surface area (Å²) in [6.45, 7) is 2.98. The molecular weight excluding hydrogens is 489 g/mol.